The summed E-state index contributed by atoms with van der Waals surface area (Å²) in [5.41, 5.74) is 7.10. The van der Waals surface area contributed by atoms with E-state index in [0.717, 1.165) is 5.56 Å². The van der Waals surface area contributed by atoms with Gasteiger partial charge in [-0.15, -0.1) is 0 Å². The fourth-order valence-electron chi connectivity index (χ4n) is 2.46. The minimum atomic E-state index is -0.900. The van der Waals surface area contributed by atoms with E-state index in [0.29, 0.717) is 35.0 Å². The van der Waals surface area contributed by atoms with Gasteiger partial charge in [-0.25, -0.2) is 4.98 Å². The third-order valence-electron chi connectivity index (χ3n) is 3.49. The number of fused-ring (bicyclic) bond motifs is 1. The first-order valence-corrected chi connectivity index (χ1v) is 7.02. The zero-order valence-corrected chi connectivity index (χ0v) is 13.4. The largest absolute Gasteiger partial charge is 0.493 e. The average molecular weight is 333 g/mol. The first-order chi connectivity index (χ1) is 11.5. The number of H-pyrrole nitrogens is 1. The van der Waals surface area contributed by atoms with E-state index < -0.39 is 6.08 Å². The minimum absolute atomic E-state index is 0.00936. The lowest BCUT2D eigenvalue weighted by Gasteiger charge is -2.13. The van der Waals surface area contributed by atoms with Gasteiger partial charge in [0, 0.05) is 6.42 Å². The lowest BCUT2D eigenvalue weighted by molar-refractivity contribution is 0.324. The van der Waals surface area contributed by atoms with Crippen LogP contribution in [0.4, 0.5) is 10.2 Å². The number of imidazole rings is 1. The fraction of sp³-hybridized carbons (Fsp3) is 0.267. The van der Waals surface area contributed by atoms with Crippen molar-refractivity contribution in [2.75, 3.05) is 27.1 Å². The van der Waals surface area contributed by atoms with E-state index in [1.165, 1.54) is 7.11 Å². The van der Waals surface area contributed by atoms with E-state index in [9.17, 15) is 4.39 Å². The van der Waals surface area contributed by atoms with Crippen molar-refractivity contribution in [3.63, 3.8) is 0 Å². The summed E-state index contributed by atoms with van der Waals surface area (Å²) in [7, 11) is 4.62. The molecule has 0 aliphatic heterocycles. The summed E-state index contributed by atoms with van der Waals surface area (Å²) in [6.07, 6.45) is -0.489. The Bertz CT molecular complexity index is 871. The molecule has 3 aromatic rings. The molecule has 0 spiro atoms. The maximum absolute atomic E-state index is 13.2. The van der Waals surface area contributed by atoms with Crippen molar-refractivity contribution in [1.82, 2.24) is 19.9 Å². The summed E-state index contributed by atoms with van der Waals surface area (Å²) < 4.78 is 29.2. The van der Waals surface area contributed by atoms with Gasteiger partial charge in [0.05, 0.1) is 21.3 Å². The number of hydrogen-bond donors (Lipinski definition) is 2. The van der Waals surface area contributed by atoms with Gasteiger partial charge in [-0.2, -0.15) is 14.4 Å². The Morgan fingerprint density at radius 2 is 1.71 bits per heavy atom. The van der Waals surface area contributed by atoms with Gasteiger partial charge in [0.1, 0.15) is 5.82 Å². The topological polar surface area (TPSA) is 108 Å². The molecule has 0 saturated heterocycles. The number of nitrogens with zero attached hydrogens (tertiary/aromatic N) is 3. The molecule has 0 bridgehead atoms. The van der Waals surface area contributed by atoms with Gasteiger partial charge in [0.2, 0.25) is 5.75 Å². The minimum Gasteiger partial charge on any atom is -0.493 e. The smallest absolute Gasteiger partial charge is 0.312 e. The van der Waals surface area contributed by atoms with Crippen molar-refractivity contribution < 1.29 is 18.6 Å². The fourth-order valence-corrected chi connectivity index (χ4v) is 2.46. The van der Waals surface area contributed by atoms with E-state index in [1.54, 1.807) is 14.2 Å². The number of nitrogens with two attached hydrogens (primary N) is 1. The molecular weight excluding hydrogens is 317 g/mol. The standard InChI is InChI=1S/C15H16FN5O3/c1-22-8-4-7(5-9(23-2)12(8)24-3)6-10-18-11-13(17)20-15(16)21-14(11)19-10/h4-5H,6H2,1-3H3,(H3,17,18,19,20,21). The number of ether oxygens (including phenoxy) is 3. The van der Waals surface area contributed by atoms with Gasteiger partial charge >= 0.3 is 6.08 Å². The summed E-state index contributed by atoms with van der Waals surface area (Å²) in [6, 6.07) is 3.62. The molecule has 24 heavy (non-hydrogen) atoms. The highest BCUT2D eigenvalue weighted by Crippen LogP contribution is 2.38. The van der Waals surface area contributed by atoms with E-state index in [-0.39, 0.29) is 11.5 Å². The molecule has 1 aromatic carbocycles. The van der Waals surface area contributed by atoms with Crippen molar-refractivity contribution in [2.24, 2.45) is 0 Å². The predicted molar refractivity (Wildman–Crippen MR) is 85.0 cm³/mol. The first-order valence-electron chi connectivity index (χ1n) is 7.02. The second kappa shape index (κ2) is 6.19. The van der Waals surface area contributed by atoms with Gasteiger partial charge in [-0.1, -0.05) is 0 Å². The first kappa shape index (κ1) is 15.8. The maximum atomic E-state index is 13.2. The Hall–Kier alpha value is -3.10. The third-order valence-corrected chi connectivity index (χ3v) is 3.49. The van der Waals surface area contributed by atoms with Crippen LogP contribution in [0, 0.1) is 6.08 Å². The van der Waals surface area contributed by atoms with Crippen LogP contribution in [-0.2, 0) is 6.42 Å². The summed E-state index contributed by atoms with van der Waals surface area (Å²) >= 11 is 0. The van der Waals surface area contributed by atoms with Gasteiger partial charge < -0.3 is 24.9 Å². The number of aromatic amines is 1. The number of hydrogen-bond acceptors (Lipinski definition) is 7. The van der Waals surface area contributed by atoms with Crippen molar-refractivity contribution in [3.8, 4) is 17.2 Å². The Morgan fingerprint density at radius 3 is 2.29 bits per heavy atom. The van der Waals surface area contributed by atoms with E-state index >= 15 is 0 Å². The molecule has 0 saturated carbocycles. The number of halogens is 1. The number of methoxy groups -OCH3 is 3. The Morgan fingerprint density at radius 1 is 1.04 bits per heavy atom. The van der Waals surface area contributed by atoms with Gasteiger partial charge in [-0.05, 0) is 17.7 Å². The van der Waals surface area contributed by atoms with Crippen LogP contribution in [0.25, 0.3) is 11.2 Å². The number of benzene rings is 1. The molecule has 3 rings (SSSR count). The number of rotatable bonds is 5. The molecule has 8 nitrogen and oxygen atoms in total. The molecule has 0 aliphatic rings. The van der Waals surface area contributed by atoms with Crippen LogP contribution in [-0.4, -0.2) is 41.3 Å². The lowest BCUT2D eigenvalue weighted by atomic mass is 10.1. The molecule has 0 aliphatic carbocycles. The summed E-state index contributed by atoms with van der Waals surface area (Å²) in [4.78, 5) is 14.4. The SMILES string of the molecule is COc1cc(Cc2nc3c(N)nc(F)nc3[nH]2)cc(OC)c1OC. The molecule has 0 amide bonds. The molecule has 2 heterocycles. The monoisotopic (exact) mass is 333 g/mol. The zero-order valence-electron chi connectivity index (χ0n) is 13.4. The molecule has 0 atom stereocenters. The molecule has 0 fully saturated rings. The Balaban J connectivity index is 2.00. The van der Waals surface area contributed by atoms with Gasteiger partial charge in [0.25, 0.3) is 0 Å². The third kappa shape index (κ3) is 2.75. The van der Waals surface area contributed by atoms with Crippen LogP contribution < -0.4 is 19.9 Å². The molecule has 9 heteroatoms. The Kier molecular flexibility index (Phi) is 4.07. The van der Waals surface area contributed by atoms with Crippen LogP contribution in [0.15, 0.2) is 12.1 Å². The van der Waals surface area contributed by atoms with Crippen molar-refractivity contribution in [1.29, 1.82) is 0 Å². The average Bonchev–Trinajstić information content (AvgIpc) is 2.96. The number of anilines is 1. The Labute approximate surface area is 136 Å². The summed E-state index contributed by atoms with van der Waals surface area (Å²) in [6.45, 7) is 0. The second-order valence-corrected chi connectivity index (χ2v) is 4.97. The van der Waals surface area contributed by atoms with E-state index in [4.69, 9.17) is 19.9 Å². The van der Waals surface area contributed by atoms with Crippen molar-refractivity contribution in [3.05, 3.63) is 29.6 Å². The maximum Gasteiger partial charge on any atom is 0.312 e. The van der Waals surface area contributed by atoms with Crippen LogP contribution >= 0.6 is 0 Å². The molecule has 3 N–H and O–H groups in total. The van der Waals surface area contributed by atoms with Gasteiger partial charge in [0.15, 0.2) is 28.5 Å². The van der Waals surface area contributed by atoms with Crippen LogP contribution in [0.3, 0.4) is 0 Å². The van der Waals surface area contributed by atoms with Crippen LogP contribution in [0.1, 0.15) is 11.4 Å². The molecule has 126 valence electrons. The molecule has 0 unspecified atom stereocenters. The number of aromatic nitrogens is 4. The number of nitrogen functional groups attached to an aromatic ring is 1. The quantitative estimate of drug-likeness (QED) is 0.684. The zero-order chi connectivity index (χ0) is 17.3. The lowest BCUT2D eigenvalue weighted by Crippen LogP contribution is -1.98. The highest BCUT2D eigenvalue weighted by Gasteiger charge is 2.15. The van der Waals surface area contributed by atoms with E-state index in [1.807, 2.05) is 12.1 Å². The van der Waals surface area contributed by atoms with Crippen molar-refractivity contribution >= 4 is 17.0 Å². The molecular formula is C15H16FN5O3. The van der Waals surface area contributed by atoms with Crippen LogP contribution in [0.5, 0.6) is 17.2 Å². The molecule has 0 radical (unpaired) electrons. The second-order valence-electron chi connectivity index (χ2n) is 4.97. The van der Waals surface area contributed by atoms with E-state index in [2.05, 4.69) is 19.9 Å². The highest BCUT2D eigenvalue weighted by atomic mass is 19.1. The summed E-state index contributed by atoms with van der Waals surface area (Å²) in [5, 5.41) is 0. The normalized spacial score (nSPS) is 10.8. The van der Waals surface area contributed by atoms with Gasteiger partial charge in [-0.3, -0.25) is 0 Å². The predicted octanol–water partition coefficient (Wildman–Crippen LogP) is 1.69. The molecule has 2 aromatic heterocycles. The highest BCUT2D eigenvalue weighted by molar-refractivity contribution is 5.81. The summed E-state index contributed by atoms with van der Waals surface area (Å²) in [5.74, 6) is 2.13. The van der Waals surface area contributed by atoms with Crippen LogP contribution in [0.2, 0.25) is 0 Å². The van der Waals surface area contributed by atoms with Crippen molar-refractivity contribution in [2.45, 2.75) is 6.42 Å². The number of nitrogens with one attached hydrogen (secondary N) is 1.